The molecule has 1 amide bonds. The van der Waals surface area contributed by atoms with Gasteiger partial charge in [-0.15, -0.1) is 0 Å². The lowest BCUT2D eigenvalue weighted by atomic mass is 10.2. The third kappa shape index (κ3) is 1.23. The van der Waals surface area contributed by atoms with Crippen LogP contribution in [-0.4, -0.2) is 54.1 Å². The van der Waals surface area contributed by atoms with Crippen LogP contribution in [0.5, 0.6) is 0 Å². The van der Waals surface area contributed by atoms with E-state index in [4.69, 9.17) is 9.47 Å². The molecule has 0 radical (unpaired) electrons. The van der Waals surface area contributed by atoms with Crippen LogP contribution in [0.2, 0.25) is 0 Å². The van der Waals surface area contributed by atoms with Gasteiger partial charge in [0.05, 0.1) is 12.6 Å². The quantitative estimate of drug-likeness (QED) is 0.560. The Kier molecular flexibility index (Phi) is 2.02. The Morgan fingerprint density at radius 2 is 2.31 bits per heavy atom. The second-order valence-corrected chi connectivity index (χ2v) is 3.43. The molecule has 2 heterocycles. The number of amides is 1. The van der Waals surface area contributed by atoms with Crippen LogP contribution in [0, 0.1) is 0 Å². The first-order valence-corrected chi connectivity index (χ1v) is 4.28. The molecule has 0 aliphatic carbocycles. The Balaban J connectivity index is 2.01. The topological polar surface area (TPSA) is 58.8 Å². The lowest BCUT2D eigenvalue weighted by molar-refractivity contribution is -0.149. The Morgan fingerprint density at radius 1 is 1.62 bits per heavy atom. The summed E-state index contributed by atoms with van der Waals surface area (Å²) in [6.45, 7) is 1.91. The molecule has 5 heteroatoms. The number of morpholine rings is 1. The minimum absolute atomic E-state index is 0.0153. The van der Waals surface area contributed by atoms with E-state index in [0.29, 0.717) is 6.61 Å². The first-order valence-electron chi connectivity index (χ1n) is 4.28. The number of nitrogens with zero attached hydrogens (tertiary/aromatic N) is 1. The predicted molar refractivity (Wildman–Crippen MR) is 42.9 cm³/mol. The average Bonchev–Trinajstić information content (AvgIpc) is 2.70. The summed E-state index contributed by atoms with van der Waals surface area (Å²) in [6.07, 6.45) is -1.01. The zero-order valence-corrected chi connectivity index (χ0v) is 7.64. The zero-order valence-electron chi connectivity index (χ0n) is 7.64. The second kappa shape index (κ2) is 2.94. The van der Waals surface area contributed by atoms with E-state index in [1.165, 1.54) is 6.92 Å². The molecule has 0 spiro atoms. The van der Waals surface area contributed by atoms with Crippen molar-refractivity contribution in [2.75, 3.05) is 13.7 Å². The summed E-state index contributed by atoms with van der Waals surface area (Å²) in [7, 11) is 1.57. The second-order valence-electron chi connectivity index (χ2n) is 3.43. The molecule has 1 unspecified atom stereocenters. The highest BCUT2D eigenvalue weighted by molar-refractivity contribution is 5.77. The number of carbonyl (C=O) groups is 1. The number of hydrogen-bond acceptors (Lipinski definition) is 4. The predicted octanol–water partition coefficient (Wildman–Crippen LogP) is -1.05. The highest BCUT2D eigenvalue weighted by Crippen LogP contribution is 2.41. The maximum atomic E-state index is 11.0. The highest BCUT2D eigenvalue weighted by atomic mass is 16.6. The van der Waals surface area contributed by atoms with E-state index >= 15 is 0 Å². The van der Waals surface area contributed by atoms with Gasteiger partial charge in [-0.2, -0.15) is 0 Å². The van der Waals surface area contributed by atoms with Crippen molar-refractivity contribution in [2.45, 2.75) is 31.4 Å². The van der Waals surface area contributed by atoms with Crippen molar-refractivity contribution < 1.29 is 19.4 Å². The number of aliphatic hydroxyl groups excluding tert-OH is 1. The molecule has 1 N–H and O–H groups in total. The van der Waals surface area contributed by atoms with Crippen molar-refractivity contribution in [3.8, 4) is 0 Å². The minimum atomic E-state index is -0.839. The lowest BCUT2D eigenvalue weighted by Gasteiger charge is -2.17. The Morgan fingerprint density at radius 3 is 2.77 bits per heavy atom. The van der Waals surface area contributed by atoms with Crippen molar-refractivity contribution in [3.63, 3.8) is 0 Å². The fourth-order valence-corrected chi connectivity index (χ4v) is 2.04. The summed E-state index contributed by atoms with van der Waals surface area (Å²) in [4.78, 5) is 12.7. The molecule has 2 rings (SSSR count). The summed E-state index contributed by atoms with van der Waals surface area (Å²) in [5.41, 5.74) is 0. The monoisotopic (exact) mass is 187 g/mol. The fraction of sp³-hybridized carbons (Fsp3) is 0.875. The number of carbonyl (C=O) groups excluding carboxylic acids is 1. The van der Waals surface area contributed by atoms with Gasteiger partial charge in [0.1, 0.15) is 12.1 Å². The van der Waals surface area contributed by atoms with Crippen LogP contribution in [-0.2, 0) is 14.3 Å². The minimum Gasteiger partial charge on any atom is -0.382 e. The van der Waals surface area contributed by atoms with Gasteiger partial charge in [-0.05, 0) is 0 Å². The lowest BCUT2D eigenvalue weighted by Crippen LogP contribution is -2.32. The summed E-state index contributed by atoms with van der Waals surface area (Å²) in [5.74, 6) is -0.0153. The van der Waals surface area contributed by atoms with Crippen molar-refractivity contribution in [3.05, 3.63) is 0 Å². The normalized spacial score (nSPS) is 41.9. The van der Waals surface area contributed by atoms with Gasteiger partial charge in [-0.1, -0.05) is 0 Å². The van der Waals surface area contributed by atoms with E-state index in [-0.39, 0.29) is 24.1 Å². The maximum Gasteiger partial charge on any atom is 0.220 e. The summed E-state index contributed by atoms with van der Waals surface area (Å²) >= 11 is 0. The molecular formula is C8H13NO4. The molecule has 2 saturated heterocycles. The SMILES string of the molecule is COC[C@H]1OC(O)[C@H]2[C@@H]1N2C(C)=O. The maximum absolute atomic E-state index is 11.0. The van der Waals surface area contributed by atoms with Gasteiger partial charge < -0.3 is 19.5 Å². The molecule has 0 aromatic carbocycles. The third-order valence-electron chi connectivity index (χ3n) is 2.58. The molecule has 2 aliphatic rings. The first-order chi connectivity index (χ1) is 6.16. The molecule has 0 saturated carbocycles. The van der Waals surface area contributed by atoms with Gasteiger partial charge in [0.25, 0.3) is 0 Å². The third-order valence-corrected chi connectivity index (χ3v) is 2.58. The molecule has 0 aromatic rings. The number of hydrogen-bond donors (Lipinski definition) is 1. The average molecular weight is 187 g/mol. The van der Waals surface area contributed by atoms with Crippen molar-refractivity contribution >= 4 is 5.91 Å². The van der Waals surface area contributed by atoms with E-state index in [0.717, 1.165) is 0 Å². The molecule has 2 fully saturated rings. The summed E-state index contributed by atoms with van der Waals surface area (Å²) in [6, 6.07) is -0.120. The molecule has 0 aromatic heterocycles. The van der Waals surface area contributed by atoms with Crippen LogP contribution in [0.25, 0.3) is 0 Å². The van der Waals surface area contributed by atoms with Gasteiger partial charge in [-0.25, -0.2) is 0 Å². The van der Waals surface area contributed by atoms with E-state index in [9.17, 15) is 9.90 Å². The molecule has 5 nitrogen and oxygen atoms in total. The van der Waals surface area contributed by atoms with Crippen LogP contribution in [0.4, 0.5) is 0 Å². The van der Waals surface area contributed by atoms with Crippen molar-refractivity contribution in [2.24, 2.45) is 0 Å². The number of ether oxygens (including phenoxy) is 2. The van der Waals surface area contributed by atoms with Crippen LogP contribution >= 0.6 is 0 Å². The number of rotatable bonds is 2. The smallest absolute Gasteiger partial charge is 0.220 e. The molecule has 2 aliphatic heterocycles. The van der Waals surface area contributed by atoms with E-state index in [1.807, 2.05) is 0 Å². The highest BCUT2D eigenvalue weighted by Gasteiger charge is 2.63. The van der Waals surface area contributed by atoms with Gasteiger partial charge in [0, 0.05) is 14.0 Å². The van der Waals surface area contributed by atoms with Crippen LogP contribution in [0.1, 0.15) is 6.92 Å². The van der Waals surface area contributed by atoms with Gasteiger partial charge in [-0.3, -0.25) is 4.79 Å². The van der Waals surface area contributed by atoms with Gasteiger partial charge in [0.15, 0.2) is 6.29 Å². The number of aliphatic hydroxyl groups is 1. The molecule has 74 valence electrons. The fourth-order valence-electron chi connectivity index (χ4n) is 2.04. The molecular weight excluding hydrogens is 174 g/mol. The molecule has 13 heavy (non-hydrogen) atoms. The van der Waals surface area contributed by atoms with E-state index < -0.39 is 6.29 Å². The van der Waals surface area contributed by atoms with E-state index in [2.05, 4.69) is 0 Å². The van der Waals surface area contributed by atoms with Crippen molar-refractivity contribution in [1.82, 2.24) is 4.90 Å². The van der Waals surface area contributed by atoms with Crippen molar-refractivity contribution in [1.29, 1.82) is 0 Å². The first kappa shape index (κ1) is 8.93. The summed E-state index contributed by atoms with van der Waals surface area (Å²) in [5, 5.41) is 9.38. The van der Waals surface area contributed by atoms with E-state index in [1.54, 1.807) is 12.0 Å². The molecule has 4 atom stereocenters. The van der Waals surface area contributed by atoms with Gasteiger partial charge >= 0.3 is 0 Å². The van der Waals surface area contributed by atoms with Crippen LogP contribution < -0.4 is 0 Å². The van der Waals surface area contributed by atoms with Gasteiger partial charge in [0.2, 0.25) is 5.91 Å². The Labute approximate surface area is 76.2 Å². The number of fused-ring (bicyclic) bond motifs is 1. The standard InChI is InChI=1S/C8H13NO4/c1-4(10)9-6-5(3-12-2)13-8(11)7(6)9/h5-8,11H,3H2,1-2H3/t5-,6-,7-,8?,9?/m1/s1. The largest absolute Gasteiger partial charge is 0.382 e. The molecule has 0 bridgehead atoms. The Bertz CT molecular complexity index is 232. The number of methoxy groups -OCH3 is 1. The Hall–Kier alpha value is -0.650. The van der Waals surface area contributed by atoms with Crippen LogP contribution in [0.15, 0.2) is 0 Å². The zero-order chi connectivity index (χ0) is 9.59. The summed E-state index contributed by atoms with van der Waals surface area (Å²) < 4.78 is 10.1. The van der Waals surface area contributed by atoms with Crippen LogP contribution in [0.3, 0.4) is 0 Å².